The maximum absolute atomic E-state index is 10.8. The molecule has 0 aromatic heterocycles. The van der Waals surface area contributed by atoms with Gasteiger partial charge in [-0.1, -0.05) is 0 Å². The van der Waals surface area contributed by atoms with Crippen molar-refractivity contribution in [1.29, 1.82) is 0 Å². The Morgan fingerprint density at radius 2 is 1.64 bits per heavy atom. The summed E-state index contributed by atoms with van der Waals surface area (Å²) in [5.74, 6) is -1.94. The number of carbonyl (C=O) groups is 2. The van der Waals surface area contributed by atoms with Crippen LogP contribution in [0.15, 0.2) is 12.2 Å². The number of rotatable bonds is 3. The number of hydrogen-bond acceptors (Lipinski definition) is 6. The molecule has 0 atom stereocenters. The molecule has 80 valence electrons. The van der Waals surface area contributed by atoms with Crippen molar-refractivity contribution < 1.29 is 29.5 Å². The van der Waals surface area contributed by atoms with Gasteiger partial charge in [-0.05, 0) is 20.8 Å². The molecule has 0 radical (unpaired) electrons. The maximum Gasteiger partial charge on any atom is 0.366 e. The molecule has 0 bridgehead atoms. The van der Waals surface area contributed by atoms with Crippen molar-refractivity contribution in [2.24, 2.45) is 0 Å². The molecule has 0 aliphatic carbocycles. The van der Waals surface area contributed by atoms with Crippen molar-refractivity contribution >= 4 is 11.9 Å². The van der Waals surface area contributed by atoms with Crippen LogP contribution in [0.5, 0.6) is 0 Å². The first-order valence-corrected chi connectivity index (χ1v) is 3.78. The highest BCUT2D eigenvalue weighted by Crippen LogP contribution is 2.06. The highest BCUT2D eigenvalue weighted by molar-refractivity contribution is 5.91. The molecule has 1 N–H and O–H groups in total. The molecular weight excluding hydrogens is 192 g/mol. The van der Waals surface area contributed by atoms with Crippen molar-refractivity contribution in [3.8, 4) is 0 Å². The first-order chi connectivity index (χ1) is 6.35. The van der Waals surface area contributed by atoms with Crippen LogP contribution in [0.2, 0.25) is 0 Å². The monoisotopic (exact) mass is 204 g/mol. The summed E-state index contributed by atoms with van der Waals surface area (Å²) in [5, 5.41) is 7.82. The highest BCUT2D eigenvalue weighted by atomic mass is 17.2. The van der Waals surface area contributed by atoms with Crippen LogP contribution < -0.4 is 0 Å². The van der Waals surface area contributed by atoms with Crippen molar-refractivity contribution in [3.63, 3.8) is 0 Å². The first kappa shape index (κ1) is 12.6. The fraction of sp³-hybridized carbons (Fsp3) is 0.500. The van der Waals surface area contributed by atoms with Gasteiger partial charge in [0.1, 0.15) is 5.60 Å². The smallest absolute Gasteiger partial charge is 0.296 e. The molecule has 0 rings (SSSR count). The van der Waals surface area contributed by atoms with Crippen molar-refractivity contribution in [2.45, 2.75) is 26.4 Å². The van der Waals surface area contributed by atoms with Gasteiger partial charge in [0.15, 0.2) is 0 Å². The second kappa shape index (κ2) is 5.36. The largest absolute Gasteiger partial charge is 0.366 e. The minimum Gasteiger partial charge on any atom is -0.296 e. The summed E-state index contributed by atoms with van der Waals surface area (Å²) < 4.78 is 0. The van der Waals surface area contributed by atoms with Crippen LogP contribution in [0, 0.1) is 0 Å². The Balaban J connectivity index is 3.88. The van der Waals surface area contributed by atoms with Crippen LogP contribution in [-0.4, -0.2) is 22.8 Å². The van der Waals surface area contributed by atoms with E-state index in [0.29, 0.717) is 6.08 Å². The third kappa shape index (κ3) is 7.26. The third-order valence-corrected chi connectivity index (χ3v) is 0.819. The van der Waals surface area contributed by atoms with E-state index in [4.69, 9.17) is 5.26 Å². The van der Waals surface area contributed by atoms with Gasteiger partial charge in [0.05, 0.1) is 0 Å². The fourth-order valence-electron chi connectivity index (χ4n) is 0.360. The molecule has 14 heavy (non-hydrogen) atoms. The molecule has 0 unspecified atom stereocenters. The summed E-state index contributed by atoms with van der Waals surface area (Å²) in [5.41, 5.74) is -0.624. The van der Waals surface area contributed by atoms with Gasteiger partial charge in [-0.15, -0.1) is 0 Å². The standard InChI is InChI=1S/C8H12O6/c1-8(2,3)14-13-7(10)5-4-6(9)12-11/h4-5,11H,1-3H3/b5-4-. The van der Waals surface area contributed by atoms with Crippen LogP contribution in [0.4, 0.5) is 0 Å². The number of hydrogen-bond donors (Lipinski definition) is 1. The van der Waals surface area contributed by atoms with Gasteiger partial charge in [0.2, 0.25) is 0 Å². The molecule has 0 aromatic carbocycles. The number of carbonyl (C=O) groups excluding carboxylic acids is 2. The Morgan fingerprint density at radius 3 is 2.07 bits per heavy atom. The molecule has 0 saturated carbocycles. The van der Waals surface area contributed by atoms with Crippen molar-refractivity contribution in [1.82, 2.24) is 0 Å². The van der Waals surface area contributed by atoms with Gasteiger partial charge >= 0.3 is 11.9 Å². The molecule has 0 aliphatic rings. The zero-order valence-corrected chi connectivity index (χ0v) is 8.14. The molecule has 0 amide bonds. The minimum absolute atomic E-state index is 0.624. The predicted molar refractivity (Wildman–Crippen MR) is 44.8 cm³/mol. The minimum atomic E-state index is -1.07. The lowest BCUT2D eigenvalue weighted by atomic mass is 10.2. The molecule has 0 aliphatic heterocycles. The van der Waals surface area contributed by atoms with Crippen molar-refractivity contribution in [2.75, 3.05) is 0 Å². The molecule has 0 aromatic rings. The van der Waals surface area contributed by atoms with Crippen LogP contribution in [0.1, 0.15) is 20.8 Å². The molecule has 0 heterocycles. The van der Waals surface area contributed by atoms with E-state index in [9.17, 15) is 9.59 Å². The topological polar surface area (TPSA) is 82.1 Å². The van der Waals surface area contributed by atoms with E-state index < -0.39 is 17.5 Å². The summed E-state index contributed by atoms with van der Waals surface area (Å²) >= 11 is 0. The average Bonchev–Trinajstić information content (AvgIpc) is 2.09. The van der Waals surface area contributed by atoms with Gasteiger partial charge in [-0.2, -0.15) is 10.1 Å². The van der Waals surface area contributed by atoms with E-state index >= 15 is 0 Å². The SMILES string of the molecule is CC(C)(C)OOC(=O)/C=C\C(=O)OO. The summed E-state index contributed by atoms with van der Waals surface area (Å²) in [6.45, 7) is 5.06. The highest BCUT2D eigenvalue weighted by Gasteiger charge is 2.14. The van der Waals surface area contributed by atoms with Gasteiger partial charge in [0, 0.05) is 12.2 Å². The lowest BCUT2D eigenvalue weighted by Crippen LogP contribution is -2.21. The summed E-state index contributed by atoms with van der Waals surface area (Å²) in [7, 11) is 0. The van der Waals surface area contributed by atoms with E-state index in [1.807, 2.05) is 0 Å². The van der Waals surface area contributed by atoms with Crippen LogP contribution >= 0.6 is 0 Å². The zero-order valence-electron chi connectivity index (χ0n) is 8.14. The second-order valence-corrected chi connectivity index (χ2v) is 3.34. The third-order valence-electron chi connectivity index (χ3n) is 0.819. The van der Waals surface area contributed by atoms with E-state index in [0.717, 1.165) is 6.08 Å². The maximum atomic E-state index is 10.8. The Hall–Kier alpha value is -1.40. The van der Waals surface area contributed by atoms with Gasteiger partial charge in [0.25, 0.3) is 0 Å². The van der Waals surface area contributed by atoms with Gasteiger partial charge < -0.3 is 0 Å². The second-order valence-electron chi connectivity index (χ2n) is 3.34. The van der Waals surface area contributed by atoms with Gasteiger partial charge in [-0.25, -0.2) is 9.59 Å². The predicted octanol–water partition coefficient (Wildman–Crippen LogP) is 0.832. The zero-order chi connectivity index (χ0) is 11.2. The van der Waals surface area contributed by atoms with Crippen LogP contribution in [0.25, 0.3) is 0 Å². The molecule has 0 fully saturated rings. The molecule has 6 heteroatoms. The van der Waals surface area contributed by atoms with Crippen molar-refractivity contribution in [3.05, 3.63) is 12.2 Å². The Bertz CT molecular complexity index is 237. The Morgan fingerprint density at radius 1 is 1.14 bits per heavy atom. The molecule has 0 saturated heterocycles. The normalized spacial score (nSPS) is 11.4. The fourth-order valence-corrected chi connectivity index (χ4v) is 0.360. The summed E-state index contributed by atoms with van der Waals surface area (Å²) in [6, 6.07) is 0. The van der Waals surface area contributed by atoms with E-state index in [-0.39, 0.29) is 0 Å². The van der Waals surface area contributed by atoms with Gasteiger partial charge in [-0.3, -0.25) is 9.78 Å². The van der Waals surface area contributed by atoms with E-state index in [2.05, 4.69) is 14.7 Å². The van der Waals surface area contributed by atoms with Crippen LogP contribution in [0.3, 0.4) is 0 Å². The van der Waals surface area contributed by atoms with E-state index in [1.54, 1.807) is 20.8 Å². The van der Waals surface area contributed by atoms with Crippen LogP contribution in [-0.2, 0) is 24.3 Å². The lowest BCUT2D eigenvalue weighted by molar-refractivity contribution is -0.316. The first-order valence-electron chi connectivity index (χ1n) is 3.78. The average molecular weight is 204 g/mol. The molecule has 6 nitrogen and oxygen atoms in total. The lowest BCUT2D eigenvalue weighted by Gasteiger charge is -2.15. The molecule has 0 spiro atoms. The Labute approximate surface area is 80.9 Å². The Kier molecular flexibility index (Phi) is 4.82. The van der Waals surface area contributed by atoms with E-state index in [1.165, 1.54) is 0 Å². The quantitative estimate of drug-likeness (QED) is 0.416. The molecular formula is C8H12O6. The summed E-state index contributed by atoms with van der Waals surface area (Å²) in [6.07, 6.45) is 1.47. The summed E-state index contributed by atoms with van der Waals surface area (Å²) in [4.78, 5) is 33.3.